The molecule has 206 valence electrons. The van der Waals surface area contributed by atoms with Gasteiger partial charge in [-0.25, -0.2) is 32.2 Å². The van der Waals surface area contributed by atoms with E-state index in [2.05, 4.69) is 10.5 Å². The van der Waals surface area contributed by atoms with E-state index in [9.17, 15) is 23.2 Å². The van der Waals surface area contributed by atoms with Crippen molar-refractivity contribution in [1.82, 2.24) is 15.5 Å². The summed E-state index contributed by atoms with van der Waals surface area (Å²) >= 11 is 0. The number of alkyl halides is 2. The number of anilines is 2. The lowest BCUT2D eigenvalue weighted by atomic mass is 10.1. The number of nitrogens with zero attached hydrogens (tertiary/aromatic N) is 4. The number of nitrogens with one attached hydrogen (secondary N) is 1. The highest BCUT2D eigenvalue weighted by atomic mass is 19.3. The minimum absolute atomic E-state index is 0.00176. The third-order valence-electron chi connectivity index (χ3n) is 5.97. The molecule has 0 spiro atoms. The van der Waals surface area contributed by atoms with Crippen molar-refractivity contribution >= 4 is 29.3 Å². The molecule has 11 nitrogen and oxygen atoms in total. The minimum atomic E-state index is -3.12. The molecule has 2 fully saturated rings. The molecule has 2 aromatic rings. The number of hydrogen-bond donors (Lipinski definition) is 1. The summed E-state index contributed by atoms with van der Waals surface area (Å²) < 4.78 is 64.9. The Morgan fingerprint density at radius 3 is 2.55 bits per heavy atom. The van der Waals surface area contributed by atoms with E-state index >= 15 is 8.78 Å². The lowest BCUT2D eigenvalue weighted by Gasteiger charge is -2.24. The maximum Gasteiger partial charge on any atom is 0.414 e. The van der Waals surface area contributed by atoms with Crippen LogP contribution in [0.2, 0.25) is 0 Å². The molecule has 2 saturated heterocycles. The van der Waals surface area contributed by atoms with E-state index in [1.54, 1.807) is 13.0 Å². The second kappa shape index (κ2) is 11.7. The van der Waals surface area contributed by atoms with E-state index in [-0.39, 0.29) is 57.1 Å². The van der Waals surface area contributed by atoms with Crippen LogP contribution in [0.3, 0.4) is 0 Å². The number of hydrogen-bond acceptors (Lipinski definition) is 8. The first-order valence-corrected chi connectivity index (χ1v) is 11.8. The Labute approximate surface area is 214 Å². The summed E-state index contributed by atoms with van der Waals surface area (Å²) in [6.07, 6.45) is -5.52. The number of ether oxygens (including phenoxy) is 1. The Kier molecular flexibility index (Phi) is 8.34. The van der Waals surface area contributed by atoms with E-state index < -0.39 is 48.5 Å². The molecule has 3 amide bonds. The van der Waals surface area contributed by atoms with Gasteiger partial charge in [-0.15, -0.1) is 0 Å². The number of hydroxylamine groups is 2. The van der Waals surface area contributed by atoms with Gasteiger partial charge in [0.15, 0.2) is 17.4 Å². The van der Waals surface area contributed by atoms with Gasteiger partial charge in [0.2, 0.25) is 0 Å². The van der Waals surface area contributed by atoms with Crippen molar-refractivity contribution in [2.45, 2.75) is 38.8 Å². The van der Waals surface area contributed by atoms with Crippen LogP contribution in [0.1, 0.15) is 24.3 Å². The fourth-order valence-corrected chi connectivity index (χ4v) is 4.09. The van der Waals surface area contributed by atoms with Crippen LogP contribution in [0.25, 0.3) is 0 Å². The number of Topliss-reactive ketones (excluding diaryl/α,β-unsaturated/α-hetero) is 1. The Bertz CT molecular complexity index is 1170. The SMILES string of the molecule is Cc1cc(CNC(=O)N2CCN(c3c(F)cc(N4C[C@H](CCC(=O)C(F)F)OC4=O)cc3F)CCO2)no1. The molecule has 2 aliphatic heterocycles. The van der Waals surface area contributed by atoms with Gasteiger partial charge in [0.25, 0.3) is 6.43 Å². The van der Waals surface area contributed by atoms with Gasteiger partial charge in [0, 0.05) is 37.7 Å². The van der Waals surface area contributed by atoms with Crippen molar-refractivity contribution in [3.8, 4) is 0 Å². The molecular weight excluding hydrogens is 518 g/mol. The molecule has 1 atom stereocenters. The highest BCUT2D eigenvalue weighted by Crippen LogP contribution is 2.32. The van der Waals surface area contributed by atoms with Crippen LogP contribution in [-0.2, 0) is 20.9 Å². The number of carbonyl (C=O) groups is 3. The maximum absolute atomic E-state index is 15.1. The number of amides is 3. The normalized spacial score (nSPS) is 18.1. The van der Waals surface area contributed by atoms with Crippen LogP contribution in [0, 0.1) is 18.6 Å². The van der Waals surface area contributed by atoms with Crippen LogP contribution in [0.5, 0.6) is 0 Å². The highest BCUT2D eigenvalue weighted by molar-refractivity contribution is 5.90. The molecule has 3 heterocycles. The number of cyclic esters (lactones) is 1. The van der Waals surface area contributed by atoms with E-state index in [0.29, 0.717) is 11.5 Å². The average Bonchev–Trinajstić information content (AvgIpc) is 3.37. The summed E-state index contributed by atoms with van der Waals surface area (Å²) in [5.41, 5.74) is 0.0438. The zero-order valence-corrected chi connectivity index (χ0v) is 20.3. The largest absolute Gasteiger partial charge is 0.444 e. The maximum atomic E-state index is 15.1. The number of rotatable bonds is 8. The number of aromatic nitrogens is 1. The molecule has 38 heavy (non-hydrogen) atoms. The van der Waals surface area contributed by atoms with Crippen LogP contribution < -0.4 is 15.1 Å². The van der Waals surface area contributed by atoms with E-state index in [4.69, 9.17) is 14.1 Å². The van der Waals surface area contributed by atoms with E-state index in [0.717, 1.165) is 22.1 Å². The molecule has 1 N–H and O–H groups in total. The summed E-state index contributed by atoms with van der Waals surface area (Å²) in [5, 5.41) is 7.45. The predicted molar refractivity (Wildman–Crippen MR) is 123 cm³/mol. The van der Waals surface area contributed by atoms with Crippen molar-refractivity contribution in [3.05, 3.63) is 41.3 Å². The quantitative estimate of drug-likeness (QED) is 0.505. The van der Waals surface area contributed by atoms with Crippen molar-refractivity contribution in [3.63, 3.8) is 0 Å². The van der Waals surface area contributed by atoms with Gasteiger partial charge in [-0.2, -0.15) is 0 Å². The molecule has 0 aliphatic carbocycles. The van der Waals surface area contributed by atoms with Gasteiger partial charge in [-0.05, 0) is 13.3 Å². The molecule has 1 aromatic carbocycles. The summed E-state index contributed by atoms with van der Waals surface area (Å²) in [6.45, 7) is 1.76. The Balaban J connectivity index is 1.36. The van der Waals surface area contributed by atoms with Gasteiger partial charge in [-0.1, -0.05) is 5.16 Å². The first-order chi connectivity index (χ1) is 18.1. The Morgan fingerprint density at radius 2 is 1.89 bits per heavy atom. The molecule has 0 bridgehead atoms. The zero-order chi connectivity index (χ0) is 27.4. The second-order valence-corrected chi connectivity index (χ2v) is 8.69. The number of benzene rings is 1. The molecule has 0 radical (unpaired) electrons. The predicted octanol–water partition coefficient (Wildman–Crippen LogP) is 3.16. The molecular formula is C23H25F4N5O6. The molecule has 4 rings (SSSR count). The number of carbonyl (C=O) groups excluding carboxylic acids is 3. The number of halogens is 4. The van der Waals surface area contributed by atoms with Crippen LogP contribution in [0.15, 0.2) is 22.7 Å². The summed E-state index contributed by atoms with van der Waals surface area (Å²) in [6, 6.07) is 3.03. The highest BCUT2D eigenvalue weighted by Gasteiger charge is 2.34. The van der Waals surface area contributed by atoms with Gasteiger partial charge >= 0.3 is 12.1 Å². The summed E-state index contributed by atoms with van der Waals surface area (Å²) in [5.74, 6) is -2.59. The topological polar surface area (TPSA) is 117 Å². The van der Waals surface area contributed by atoms with E-state index in [1.165, 1.54) is 4.90 Å². The number of aryl methyl sites for hydroxylation is 1. The zero-order valence-electron chi connectivity index (χ0n) is 20.3. The van der Waals surface area contributed by atoms with Crippen molar-refractivity contribution in [2.75, 3.05) is 42.6 Å². The molecule has 0 saturated carbocycles. The third-order valence-corrected chi connectivity index (χ3v) is 5.97. The number of urea groups is 1. The molecule has 15 heteroatoms. The summed E-state index contributed by atoms with van der Waals surface area (Å²) in [7, 11) is 0. The van der Waals surface area contributed by atoms with Crippen LogP contribution in [0.4, 0.5) is 38.5 Å². The molecule has 2 aliphatic rings. The average molecular weight is 543 g/mol. The van der Waals surface area contributed by atoms with Gasteiger partial charge < -0.3 is 19.5 Å². The molecule has 1 aromatic heterocycles. The van der Waals surface area contributed by atoms with Crippen molar-refractivity contribution in [2.24, 2.45) is 0 Å². The fraction of sp³-hybridized carbons (Fsp3) is 0.478. The van der Waals surface area contributed by atoms with Gasteiger partial charge in [0.1, 0.15) is 23.2 Å². The first-order valence-electron chi connectivity index (χ1n) is 11.8. The van der Waals surface area contributed by atoms with E-state index in [1.807, 2.05) is 0 Å². The van der Waals surface area contributed by atoms with Crippen molar-refractivity contribution in [1.29, 1.82) is 0 Å². The monoisotopic (exact) mass is 543 g/mol. The standard InChI is InChI=1S/C23H25F4N5O6/c1-13-8-14(29-38-13)11-28-22(34)32-5-4-30(6-7-36-32)20-17(24)9-15(10-18(20)25)31-12-16(37-23(31)35)2-3-19(33)21(26)27/h8-10,16,21H,2-7,11-12H2,1H3,(H,28,34)/t16-/m0/s1. The smallest absolute Gasteiger partial charge is 0.414 e. The lowest BCUT2D eigenvalue weighted by molar-refractivity contribution is -0.129. The fourth-order valence-electron chi connectivity index (χ4n) is 4.09. The third kappa shape index (κ3) is 6.33. The Hall–Kier alpha value is -3.88. The van der Waals surface area contributed by atoms with Gasteiger partial charge in [-0.3, -0.25) is 14.5 Å². The first kappa shape index (κ1) is 27.2. The van der Waals surface area contributed by atoms with Crippen molar-refractivity contribution < 1.29 is 46.0 Å². The van der Waals surface area contributed by atoms with Crippen LogP contribution >= 0.6 is 0 Å². The van der Waals surface area contributed by atoms with Crippen LogP contribution in [-0.4, -0.2) is 73.4 Å². The Morgan fingerprint density at radius 1 is 1.16 bits per heavy atom. The van der Waals surface area contributed by atoms with Gasteiger partial charge in [0.05, 0.1) is 31.9 Å². The second-order valence-electron chi connectivity index (χ2n) is 8.69. The minimum Gasteiger partial charge on any atom is -0.444 e. The molecule has 0 unspecified atom stereocenters. The lowest BCUT2D eigenvalue weighted by Crippen LogP contribution is -2.41. The number of ketones is 1. The summed E-state index contributed by atoms with van der Waals surface area (Å²) in [4.78, 5) is 43.6.